The highest BCUT2D eigenvalue weighted by molar-refractivity contribution is 4.54. The molecule has 0 aromatic heterocycles. The Hall–Kier alpha value is -0.110. The Morgan fingerprint density at radius 1 is 0.300 bits per heavy atom. The summed E-state index contributed by atoms with van der Waals surface area (Å²) < 4.78 is 1.47. The first-order valence-electron chi connectivity index (χ1n) is 14.1. The van der Waals surface area contributed by atoms with Crippen LogP contribution in [0.3, 0.4) is 0 Å². The second kappa shape index (κ2) is 25.2. The smallest absolute Gasteiger partial charge is 0.0786 e. The summed E-state index contributed by atoms with van der Waals surface area (Å²) in [7, 11) is 0. The summed E-state index contributed by atoms with van der Waals surface area (Å²) in [6, 6.07) is 0. The van der Waals surface area contributed by atoms with Crippen LogP contribution in [0.25, 0.3) is 0 Å². The first-order valence-corrected chi connectivity index (χ1v) is 14.1. The van der Waals surface area contributed by atoms with E-state index in [1.165, 1.54) is 159 Å². The summed E-state index contributed by atoms with van der Waals surface area (Å²) in [6.45, 7) is 15.2. The molecule has 0 rings (SSSR count). The number of nitrogens with zero attached hydrogens (tertiary/aromatic N) is 1. The molecular weight excluding hydrogens is 369 g/mol. The molecule has 0 heterocycles. The van der Waals surface area contributed by atoms with Crippen molar-refractivity contribution < 1.29 is 9.19 Å². The van der Waals surface area contributed by atoms with E-state index in [0.717, 1.165) is 0 Å². The quantitative estimate of drug-likeness (QED) is 0.118. The van der Waals surface area contributed by atoms with Crippen LogP contribution in [0.2, 0.25) is 0 Å². The normalized spacial score (nSPS) is 11.6. The number of quaternary nitrogens is 1. The fourth-order valence-electron chi connectivity index (χ4n) is 4.87. The van der Waals surface area contributed by atoms with E-state index in [0.29, 0.717) is 0 Å². The fourth-order valence-corrected chi connectivity index (χ4v) is 4.87. The van der Waals surface area contributed by atoms with Crippen LogP contribution in [0.4, 0.5) is 0 Å². The fraction of sp³-hybridized carbons (Fsp3) is 1.00. The molecule has 0 unspecified atom stereocenters. The number of halogens is 1. The summed E-state index contributed by atoms with van der Waals surface area (Å²) >= 11 is 0. The monoisotopic (exact) mass is 429 g/mol. The standard InChI is InChI=1S/C28H60N.FH/c1-5-9-13-17-21-25-29(26-22-18-14-10-6-2,27-23-19-15-11-7-3)28-24-20-16-12-8-4;/h5-28H2,1-4H3;1H/q+1;/p-1. The SMILES string of the molecule is CCCCCCC[N+](CCCCCCC)(CCCCCCC)CCCCCCC.[F-]. The van der Waals surface area contributed by atoms with Crippen molar-refractivity contribution >= 4 is 0 Å². The van der Waals surface area contributed by atoms with Gasteiger partial charge < -0.3 is 9.19 Å². The number of rotatable bonds is 24. The third-order valence-electron chi connectivity index (χ3n) is 6.94. The zero-order valence-corrected chi connectivity index (χ0v) is 21.8. The number of unbranched alkanes of at least 4 members (excludes halogenated alkanes) is 16. The van der Waals surface area contributed by atoms with Crippen molar-refractivity contribution in [3.8, 4) is 0 Å². The molecule has 0 aromatic carbocycles. The minimum atomic E-state index is 0. The lowest BCUT2D eigenvalue weighted by molar-refractivity contribution is -0.929. The molecule has 0 N–H and O–H groups in total. The Morgan fingerprint density at radius 3 is 0.700 bits per heavy atom. The van der Waals surface area contributed by atoms with E-state index < -0.39 is 0 Å². The van der Waals surface area contributed by atoms with Gasteiger partial charge >= 0.3 is 0 Å². The molecule has 0 aliphatic carbocycles. The Bertz CT molecular complexity index is 244. The Kier molecular flexibility index (Phi) is 26.9. The molecule has 2 heteroatoms. The summed E-state index contributed by atoms with van der Waals surface area (Å²) in [5.41, 5.74) is 0. The van der Waals surface area contributed by atoms with Crippen LogP contribution in [0, 0.1) is 0 Å². The maximum atomic E-state index is 2.34. The number of hydrogen-bond donors (Lipinski definition) is 0. The van der Waals surface area contributed by atoms with Crippen molar-refractivity contribution in [1.82, 2.24) is 0 Å². The summed E-state index contributed by atoms with van der Waals surface area (Å²) in [4.78, 5) is 0. The lowest BCUT2D eigenvalue weighted by atomic mass is 10.1. The van der Waals surface area contributed by atoms with Crippen LogP contribution >= 0.6 is 0 Å². The molecule has 0 bridgehead atoms. The van der Waals surface area contributed by atoms with Gasteiger partial charge in [-0.05, 0) is 51.4 Å². The Morgan fingerprint density at radius 2 is 0.500 bits per heavy atom. The van der Waals surface area contributed by atoms with Gasteiger partial charge in [-0.25, -0.2) is 0 Å². The van der Waals surface area contributed by atoms with E-state index in [9.17, 15) is 0 Å². The zero-order chi connectivity index (χ0) is 21.5. The van der Waals surface area contributed by atoms with Gasteiger partial charge in [0.1, 0.15) is 0 Å². The molecule has 0 spiro atoms. The number of hydrogen-bond acceptors (Lipinski definition) is 0. The van der Waals surface area contributed by atoms with E-state index in [1.807, 2.05) is 0 Å². The van der Waals surface area contributed by atoms with Gasteiger partial charge in [-0.1, -0.05) is 105 Å². The highest BCUT2D eigenvalue weighted by atomic mass is 19.0. The average Bonchev–Trinajstić information content (AvgIpc) is 2.73. The van der Waals surface area contributed by atoms with Crippen molar-refractivity contribution in [2.45, 2.75) is 156 Å². The van der Waals surface area contributed by atoms with Gasteiger partial charge in [0.15, 0.2) is 0 Å². The van der Waals surface area contributed by atoms with Gasteiger partial charge in [0, 0.05) is 0 Å². The van der Waals surface area contributed by atoms with Crippen molar-refractivity contribution in [3.05, 3.63) is 0 Å². The Labute approximate surface area is 191 Å². The van der Waals surface area contributed by atoms with Crippen LogP contribution in [0.1, 0.15) is 156 Å². The molecule has 184 valence electrons. The summed E-state index contributed by atoms with van der Waals surface area (Å²) in [5.74, 6) is 0. The van der Waals surface area contributed by atoms with Gasteiger partial charge in [-0.3, -0.25) is 0 Å². The van der Waals surface area contributed by atoms with E-state index in [4.69, 9.17) is 0 Å². The molecule has 0 aliphatic rings. The molecule has 1 nitrogen and oxygen atoms in total. The van der Waals surface area contributed by atoms with Gasteiger partial charge in [-0.15, -0.1) is 0 Å². The second-order valence-corrected chi connectivity index (χ2v) is 9.89. The van der Waals surface area contributed by atoms with Crippen molar-refractivity contribution in [2.75, 3.05) is 26.2 Å². The minimum absolute atomic E-state index is 0. The van der Waals surface area contributed by atoms with Crippen LogP contribution in [0.5, 0.6) is 0 Å². The molecule has 0 saturated carbocycles. The zero-order valence-electron chi connectivity index (χ0n) is 21.8. The van der Waals surface area contributed by atoms with Gasteiger partial charge in [0.2, 0.25) is 0 Å². The summed E-state index contributed by atoms with van der Waals surface area (Å²) in [6.07, 6.45) is 28.8. The predicted octanol–water partition coefficient (Wildman–Crippen LogP) is 6.69. The van der Waals surface area contributed by atoms with Gasteiger partial charge in [0.05, 0.1) is 26.2 Å². The molecule has 0 saturated heterocycles. The van der Waals surface area contributed by atoms with Crippen LogP contribution in [-0.2, 0) is 0 Å². The first-order chi connectivity index (χ1) is 14.2. The maximum absolute atomic E-state index is 2.34. The highest BCUT2D eigenvalue weighted by Crippen LogP contribution is 2.20. The third kappa shape index (κ3) is 19.8. The van der Waals surface area contributed by atoms with E-state index in [1.54, 1.807) is 0 Å². The minimum Gasteiger partial charge on any atom is -1.00 e. The Balaban J connectivity index is 0. The molecule has 0 aliphatic heterocycles. The highest BCUT2D eigenvalue weighted by Gasteiger charge is 2.25. The average molecular weight is 430 g/mol. The van der Waals surface area contributed by atoms with Crippen LogP contribution < -0.4 is 4.70 Å². The summed E-state index contributed by atoms with van der Waals surface area (Å²) in [5, 5.41) is 0. The lowest BCUT2D eigenvalue weighted by Crippen LogP contribution is -3.00. The van der Waals surface area contributed by atoms with Crippen LogP contribution in [-0.4, -0.2) is 30.7 Å². The molecule has 0 amide bonds. The molecule has 0 atom stereocenters. The second-order valence-electron chi connectivity index (χ2n) is 9.89. The first kappa shape index (κ1) is 32.1. The topological polar surface area (TPSA) is 0 Å². The molecular formula is C28H60FN. The van der Waals surface area contributed by atoms with Crippen molar-refractivity contribution in [3.63, 3.8) is 0 Å². The van der Waals surface area contributed by atoms with Crippen molar-refractivity contribution in [2.24, 2.45) is 0 Å². The third-order valence-corrected chi connectivity index (χ3v) is 6.94. The van der Waals surface area contributed by atoms with Crippen LogP contribution in [0.15, 0.2) is 0 Å². The van der Waals surface area contributed by atoms with Gasteiger partial charge in [-0.2, -0.15) is 0 Å². The maximum Gasteiger partial charge on any atom is 0.0786 e. The van der Waals surface area contributed by atoms with E-state index >= 15 is 0 Å². The molecule has 0 fully saturated rings. The van der Waals surface area contributed by atoms with Crippen molar-refractivity contribution in [1.29, 1.82) is 0 Å². The van der Waals surface area contributed by atoms with E-state index in [-0.39, 0.29) is 4.70 Å². The molecule has 0 radical (unpaired) electrons. The van der Waals surface area contributed by atoms with Gasteiger partial charge in [0.25, 0.3) is 0 Å². The predicted molar refractivity (Wildman–Crippen MR) is 135 cm³/mol. The largest absolute Gasteiger partial charge is 1.00 e. The lowest BCUT2D eigenvalue weighted by Gasteiger charge is -2.39. The molecule has 30 heavy (non-hydrogen) atoms. The van der Waals surface area contributed by atoms with E-state index in [2.05, 4.69) is 27.7 Å². The molecule has 0 aromatic rings.